The monoisotopic (exact) mass is 539 g/mol. The van der Waals surface area contributed by atoms with Crippen molar-refractivity contribution in [1.82, 2.24) is 14.9 Å². The van der Waals surface area contributed by atoms with Crippen LogP contribution in [0.3, 0.4) is 0 Å². The second-order valence-corrected chi connectivity index (χ2v) is 10.7. The molecule has 9 heteroatoms. The molecule has 0 radical (unpaired) electrons. The number of ketones is 1. The van der Waals surface area contributed by atoms with Crippen LogP contribution in [0.2, 0.25) is 0 Å². The highest BCUT2D eigenvalue weighted by molar-refractivity contribution is 9.10. The first-order valence-corrected chi connectivity index (χ1v) is 12.3. The number of rotatable bonds is 5. The van der Waals surface area contributed by atoms with Crippen LogP contribution < -0.4 is 10.2 Å². The Kier molecular flexibility index (Phi) is 6.98. The molecular weight excluding hydrogens is 510 g/mol. The zero-order chi connectivity index (χ0) is 25.3. The van der Waals surface area contributed by atoms with E-state index in [9.17, 15) is 9.59 Å². The maximum Gasteiger partial charge on any atom is 0.410 e. The van der Waals surface area contributed by atoms with Crippen molar-refractivity contribution in [2.75, 3.05) is 30.4 Å². The third-order valence-corrected chi connectivity index (χ3v) is 6.44. The molecule has 35 heavy (non-hydrogen) atoms. The van der Waals surface area contributed by atoms with E-state index in [0.29, 0.717) is 17.8 Å². The lowest BCUT2D eigenvalue weighted by molar-refractivity contribution is 0.0237. The largest absolute Gasteiger partial charge is 0.444 e. The van der Waals surface area contributed by atoms with Crippen molar-refractivity contribution in [3.05, 3.63) is 52.8 Å². The molecule has 0 bridgehead atoms. The van der Waals surface area contributed by atoms with Gasteiger partial charge < -0.3 is 19.9 Å². The molecule has 184 valence electrons. The number of nitrogens with zero attached hydrogens (tertiary/aromatic N) is 4. The zero-order valence-corrected chi connectivity index (χ0v) is 22.2. The quantitative estimate of drug-likeness (QED) is 0.411. The Bertz CT molecular complexity index is 1260. The summed E-state index contributed by atoms with van der Waals surface area (Å²) in [5.74, 6) is 0.772. The molecule has 2 aromatic heterocycles. The van der Waals surface area contributed by atoms with Gasteiger partial charge in [-0.1, -0.05) is 15.9 Å². The number of pyridine rings is 2. The number of nitrogens with one attached hydrogen (secondary N) is 1. The fraction of sp³-hybridized carbons (Fsp3) is 0.385. The predicted octanol–water partition coefficient (Wildman–Crippen LogP) is 5.78. The van der Waals surface area contributed by atoms with Crippen LogP contribution in [0.25, 0.3) is 10.9 Å². The Balaban J connectivity index is 1.49. The Morgan fingerprint density at radius 3 is 2.60 bits per heavy atom. The summed E-state index contributed by atoms with van der Waals surface area (Å²) in [4.78, 5) is 37.6. The summed E-state index contributed by atoms with van der Waals surface area (Å²) in [6.07, 6.45) is 3.90. The summed E-state index contributed by atoms with van der Waals surface area (Å²) in [5, 5.41) is 4.22. The van der Waals surface area contributed by atoms with Gasteiger partial charge in [-0.25, -0.2) is 9.78 Å². The Labute approximate surface area is 213 Å². The van der Waals surface area contributed by atoms with Gasteiger partial charge in [-0.05, 0) is 64.4 Å². The average molecular weight is 540 g/mol. The number of halogens is 1. The van der Waals surface area contributed by atoms with Crippen molar-refractivity contribution in [2.45, 2.75) is 45.8 Å². The Hall–Kier alpha value is -3.20. The number of carbonyl (C=O) groups is 2. The summed E-state index contributed by atoms with van der Waals surface area (Å²) >= 11 is 3.51. The van der Waals surface area contributed by atoms with Crippen molar-refractivity contribution >= 4 is 55.9 Å². The minimum atomic E-state index is -0.521. The maximum absolute atomic E-state index is 12.4. The molecule has 1 aromatic carbocycles. The van der Waals surface area contributed by atoms with Crippen molar-refractivity contribution in [3.8, 4) is 0 Å². The molecule has 1 saturated heterocycles. The number of carbonyl (C=O) groups excluding carboxylic acids is 2. The summed E-state index contributed by atoms with van der Waals surface area (Å²) in [7, 11) is 1.78. The minimum Gasteiger partial charge on any atom is -0.444 e. The van der Waals surface area contributed by atoms with Crippen LogP contribution in [0.1, 0.15) is 44.5 Å². The number of fused-ring (bicyclic) bond motifs is 1. The van der Waals surface area contributed by atoms with E-state index in [1.54, 1.807) is 24.3 Å². The Morgan fingerprint density at radius 2 is 1.94 bits per heavy atom. The van der Waals surface area contributed by atoms with E-state index in [-0.39, 0.29) is 17.9 Å². The van der Waals surface area contributed by atoms with E-state index < -0.39 is 5.60 Å². The van der Waals surface area contributed by atoms with E-state index in [2.05, 4.69) is 36.1 Å². The standard InChI is InChI=1S/C26H30BrN5O3/c1-16(33)21-14-28-22-8-6-17(27)12-20(22)24(21)30-18-7-9-23(29-13-18)32-11-10-19(15-32)31(5)25(34)35-26(2,3)4/h6-9,12-14,19H,10-11,15H2,1-5H3,(H,28,30). The first-order chi connectivity index (χ1) is 16.5. The molecule has 1 aliphatic rings. The normalized spacial score (nSPS) is 15.8. The average Bonchev–Trinajstić information content (AvgIpc) is 3.28. The molecule has 0 aliphatic carbocycles. The highest BCUT2D eigenvalue weighted by Gasteiger charge is 2.31. The van der Waals surface area contributed by atoms with E-state index in [0.717, 1.165) is 39.8 Å². The number of aromatic nitrogens is 2. The van der Waals surface area contributed by atoms with Gasteiger partial charge in [0.2, 0.25) is 0 Å². The SMILES string of the molecule is CC(=O)c1cnc2ccc(Br)cc2c1Nc1ccc(N2CCC(N(C)C(=O)OC(C)(C)C)C2)nc1. The topological polar surface area (TPSA) is 87.7 Å². The molecule has 4 rings (SSSR count). The number of benzene rings is 1. The molecule has 1 fully saturated rings. The third-order valence-electron chi connectivity index (χ3n) is 5.94. The summed E-state index contributed by atoms with van der Waals surface area (Å²) in [6, 6.07) is 9.74. The minimum absolute atomic E-state index is 0.0595. The molecule has 8 nitrogen and oxygen atoms in total. The zero-order valence-electron chi connectivity index (χ0n) is 20.6. The number of Topliss-reactive ketones (excluding diaryl/α,β-unsaturated/α-hetero) is 1. The van der Waals surface area contributed by atoms with Gasteiger partial charge in [0.1, 0.15) is 11.4 Å². The van der Waals surface area contributed by atoms with Gasteiger partial charge in [-0.15, -0.1) is 0 Å². The number of likely N-dealkylation sites (N-methyl/N-ethyl adjacent to an activating group) is 1. The molecule has 1 amide bonds. The summed E-state index contributed by atoms with van der Waals surface area (Å²) < 4.78 is 6.41. The maximum atomic E-state index is 12.4. The molecule has 3 aromatic rings. The lowest BCUT2D eigenvalue weighted by Gasteiger charge is -2.28. The van der Waals surface area contributed by atoms with Crippen LogP contribution in [0.5, 0.6) is 0 Å². The highest BCUT2D eigenvalue weighted by Crippen LogP contribution is 2.32. The second-order valence-electron chi connectivity index (χ2n) is 9.77. The van der Waals surface area contributed by atoms with Gasteiger partial charge in [-0.2, -0.15) is 0 Å². The van der Waals surface area contributed by atoms with Crippen LogP contribution in [-0.4, -0.2) is 58.5 Å². The molecule has 1 unspecified atom stereocenters. The first-order valence-electron chi connectivity index (χ1n) is 11.5. The van der Waals surface area contributed by atoms with Crippen molar-refractivity contribution in [2.24, 2.45) is 0 Å². The van der Waals surface area contributed by atoms with E-state index >= 15 is 0 Å². The van der Waals surface area contributed by atoms with Gasteiger partial charge >= 0.3 is 6.09 Å². The van der Waals surface area contributed by atoms with Gasteiger partial charge in [-0.3, -0.25) is 9.78 Å². The van der Waals surface area contributed by atoms with Crippen molar-refractivity contribution < 1.29 is 14.3 Å². The highest BCUT2D eigenvalue weighted by atomic mass is 79.9. The van der Waals surface area contributed by atoms with Crippen molar-refractivity contribution in [1.29, 1.82) is 0 Å². The lowest BCUT2D eigenvalue weighted by atomic mass is 10.1. The van der Waals surface area contributed by atoms with Gasteiger partial charge in [0.05, 0.1) is 34.7 Å². The molecular formula is C26H30BrN5O3. The number of ether oxygens (including phenoxy) is 1. The molecule has 1 aliphatic heterocycles. The predicted molar refractivity (Wildman–Crippen MR) is 142 cm³/mol. The molecule has 0 spiro atoms. The molecule has 1 atom stereocenters. The number of amides is 1. The number of anilines is 3. The lowest BCUT2D eigenvalue weighted by Crippen LogP contribution is -2.42. The van der Waals surface area contributed by atoms with Crippen LogP contribution >= 0.6 is 15.9 Å². The second kappa shape index (κ2) is 9.81. The summed E-state index contributed by atoms with van der Waals surface area (Å²) in [5.41, 5.74) is 2.27. The van der Waals surface area contributed by atoms with Crippen LogP contribution in [0.4, 0.5) is 22.0 Å². The number of hydrogen-bond acceptors (Lipinski definition) is 7. The summed E-state index contributed by atoms with van der Waals surface area (Å²) in [6.45, 7) is 8.62. The van der Waals surface area contributed by atoms with Gasteiger partial charge in [0.15, 0.2) is 5.78 Å². The molecule has 0 saturated carbocycles. The fourth-order valence-corrected chi connectivity index (χ4v) is 4.47. The fourth-order valence-electron chi connectivity index (χ4n) is 4.11. The van der Waals surface area contributed by atoms with Gasteiger partial charge in [0, 0.05) is 36.2 Å². The van der Waals surface area contributed by atoms with Crippen LogP contribution in [-0.2, 0) is 4.74 Å². The van der Waals surface area contributed by atoms with E-state index in [1.807, 2.05) is 51.1 Å². The number of hydrogen-bond donors (Lipinski definition) is 1. The third kappa shape index (κ3) is 5.73. The van der Waals surface area contributed by atoms with E-state index in [1.165, 1.54) is 6.92 Å². The smallest absolute Gasteiger partial charge is 0.410 e. The van der Waals surface area contributed by atoms with Crippen LogP contribution in [0, 0.1) is 0 Å². The first kappa shape index (κ1) is 24.9. The van der Waals surface area contributed by atoms with Gasteiger partial charge in [0.25, 0.3) is 0 Å². The molecule has 1 N–H and O–H groups in total. The Morgan fingerprint density at radius 1 is 1.17 bits per heavy atom. The van der Waals surface area contributed by atoms with Crippen molar-refractivity contribution in [3.63, 3.8) is 0 Å². The van der Waals surface area contributed by atoms with Crippen LogP contribution in [0.15, 0.2) is 47.2 Å². The molecule has 3 heterocycles. The van der Waals surface area contributed by atoms with E-state index in [4.69, 9.17) is 4.74 Å².